The molecule has 0 amide bonds. The normalized spacial score (nSPS) is 11.5. The van der Waals surface area contributed by atoms with Crippen LogP contribution in [0.25, 0.3) is 0 Å². The van der Waals surface area contributed by atoms with E-state index < -0.39 is 28.8 Å². The summed E-state index contributed by atoms with van der Waals surface area (Å²) in [5.74, 6) is -0.350. The van der Waals surface area contributed by atoms with Crippen molar-refractivity contribution in [2.75, 3.05) is 13.2 Å². The number of nitrogens with zero attached hydrogens (tertiary/aromatic N) is 3. The Labute approximate surface area is 242 Å². The molecule has 10 nitrogen and oxygen atoms in total. The van der Waals surface area contributed by atoms with Crippen LogP contribution in [0.1, 0.15) is 84.4 Å². The lowest BCUT2D eigenvalue weighted by molar-refractivity contribution is -0.158. The second-order valence-corrected chi connectivity index (χ2v) is 10.3. The molecule has 2 aromatic rings. The maximum absolute atomic E-state index is 13.1. The van der Waals surface area contributed by atoms with E-state index in [9.17, 15) is 19.2 Å². The van der Waals surface area contributed by atoms with E-state index in [1.54, 1.807) is 33.8 Å². The first-order chi connectivity index (χ1) is 19.6. The molecule has 1 aromatic carbocycles. The lowest BCUT2D eigenvalue weighted by Gasteiger charge is -2.24. The number of carbonyl (C=O) groups is 2. The summed E-state index contributed by atoms with van der Waals surface area (Å²) in [6.07, 6.45) is 8.89. The minimum absolute atomic E-state index is 0.127. The summed E-state index contributed by atoms with van der Waals surface area (Å²) in [5, 5.41) is 4.33. The second-order valence-electron chi connectivity index (χ2n) is 10.3. The van der Waals surface area contributed by atoms with Crippen LogP contribution in [0.3, 0.4) is 0 Å². The second kappa shape index (κ2) is 17.2. The highest BCUT2D eigenvalue weighted by Gasteiger charge is 2.31. The Kier molecular flexibility index (Phi) is 14.1. The molecular weight excluding hydrogens is 526 g/mol. The Hall–Kier alpha value is -3.69. The molecule has 0 aliphatic carbocycles. The van der Waals surface area contributed by atoms with Gasteiger partial charge in [-0.15, -0.1) is 0 Å². The Morgan fingerprint density at radius 1 is 0.951 bits per heavy atom. The Balaban J connectivity index is 2.11. The van der Waals surface area contributed by atoms with Crippen LogP contribution in [0.2, 0.25) is 0 Å². The number of ether oxygens (including phenoxy) is 3. The zero-order valence-corrected chi connectivity index (χ0v) is 25.1. The number of unbranched alkanes of at least 4 members (excludes halogenated alkanes) is 4. The Morgan fingerprint density at radius 3 is 2.39 bits per heavy atom. The molecule has 0 fully saturated rings. The van der Waals surface area contributed by atoms with Gasteiger partial charge in [-0.25, -0.2) is 19.1 Å². The highest BCUT2D eigenvalue weighted by atomic mass is 16.6. The predicted octanol–water partition coefficient (Wildman–Crippen LogP) is 4.39. The zero-order valence-electron chi connectivity index (χ0n) is 25.1. The van der Waals surface area contributed by atoms with Crippen LogP contribution in [0.15, 0.2) is 46.0 Å². The summed E-state index contributed by atoms with van der Waals surface area (Å²) in [6.45, 7) is 10.2. The number of esters is 2. The molecule has 10 heteroatoms. The van der Waals surface area contributed by atoms with E-state index in [4.69, 9.17) is 14.2 Å². The topological polar surface area (TPSA) is 119 Å². The van der Waals surface area contributed by atoms with Gasteiger partial charge in [0.1, 0.15) is 11.4 Å². The van der Waals surface area contributed by atoms with Crippen molar-refractivity contribution >= 4 is 11.9 Å². The third-order valence-electron chi connectivity index (χ3n) is 6.40. The van der Waals surface area contributed by atoms with Crippen molar-refractivity contribution in [3.05, 3.63) is 68.5 Å². The largest absolute Gasteiger partial charge is 0.476 e. The number of rotatable bonds is 18. The van der Waals surface area contributed by atoms with Crippen molar-refractivity contribution in [1.82, 2.24) is 14.3 Å². The average molecular weight is 572 g/mol. The third kappa shape index (κ3) is 11.0. The fraction of sp³-hybridized carbons (Fsp3) is 0.581. The van der Waals surface area contributed by atoms with Crippen LogP contribution in [0, 0.1) is 0 Å². The van der Waals surface area contributed by atoms with E-state index in [1.807, 2.05) is 18.2 Å². The molecule has 0 atom stereocenters. The maximum atomic E-state index is 13.1. The number of hydrogen-bond donors (Lipinski definition) is 0. The van der Waals surface area contributed by atoms with Crippen LogP contribution in [-0.2, 0) is 45.0 Å². The maximum Gasteiger partial charge on any atom is 0.349 e. The summed E-state index contributed by atoms with van der Waals surface area (Å²) < 4.78 is 18.5. The first-order valence-electron chi connectivity index (χ1n) is 14.6. The van der Waals surface area contributed by atoms with Gasteiger partial charge in [0.15, 0.2) is 5.60 Å². The molecule has 0 saturated heterocycles. The monoisotopic (exact) mass is 571 g/mol. The molecule has 0 spiro atoms. The van der Waals surface area contributed by atoms with Crippen molar-refractivity contribution in [3.63, 3.8) is 0 Å². The summed E-state index contributed by atoms with van der Waals surface area (Å²) >= 11 is 0. The van der Waals surface area contributed by atoms with Crippen molar-refractivity contribution < 1.29 is 23.8 Å². The number of carbonyl (C=O) groups excluding carboxylic acids is 2. The van der Waals surface area contributed by atoms with Crippen molar-refractivity contribution in [3.8, 4) is 5.75 Å². The van der Waals surface area contributed by atoms with Crippen LogP contribution in [0.4, 0.5) is 0 Å². The van der Waals surface area contributed by atoms with E-state index in [2.05, 4.69) is 12.0 Å². The quantitative estimate of drug-likeness (QED) is 0.147. The van der Waals surface area contributed by atoms with Gasteiger partial charge in [0, 0.05) is 25.6 Å². The SMILES string of the molecule is CCCCCCn1nc(C/C=C/C(=O)OCC)c(=O)n(CCCCc2cccc(OC(C)(C)C(=O)OCC)c2)c1=O. The molecule has 0 aliphatic heterocycles. The number of aryl methyl sites for hydroxylation is 2. The number of aromatic nitrogens is 3. The number of hydrogen-bond acceptors (Lipinski definition) is 8. The van der Waals surface area contributed by atoms with Gasteiger partial charge in [-0.1, -0.05) is 44.4 Å². The summed E-state index contributed by atoms with van der Waals surface area (Å²) in [5.41, 5.74) is -0.736. The van der Waals surface area contributed by atoms with Gasteiger partial charge < -0.3 is 14.2 Å². The van der Waals surface area contributed by atoms with Crippen molar-refractivity contribution in [2.45, 2.75) is 105 Å². The van der Waals surface area contributed by atoms with Crippen molar-refractivity contribution in [1.29, 1.82) is 0 Å². The fourth-order valence-electron chi connectivity index (χ4n) is 4.23. The summed E-state index contributed by atoms with van der Waals surface area (Å²) in [7, 11) is 0. The molecule has 1 heterocycles. The van der Waals surface area contributed by atoms with E-state index >= 15 is 0 Å². The smallest absolute Gasteiger partial charge is 0.349 e. The molecular formula is C31H45N3O7. The molecule has 0 aliphatic rings. The van der Waals surface area contributed by atoms with Crippen LogP contribution in [-0.4, -0.2) is 45.1 Å². The van der Waals surface area contributed by atoms with Crippen LogP contribution in [0.5, 0.6) is 5.75 Å². The van der Waals surface area contributed by atoms with Gasteiger partial charge in [0.05, 0.1) is 13.2 Å². The first-order valence-corrected chi connectivity index (χ1v) is 14.6. The standard InChI is InChI=1S/C31H45N3O7/c1-6-9-10-12-22-34-30(38)33(28(36)26(32-34)19-15-20-27(35)39-7-2)21-13-11-16-24-17-14-18-25(23-24)41-31(4,5)29(37)40-8-3/h14-15,17-18,20,23H,6-13,16,19,21-22H2,1-5H3/b20-15+. The molecule has 0 N–H and O–H groups in total. The van der Waals surface area contributed by atoms with E-state index in [0.29, 0.717) is 25.1 Å². The van der Waals surface area contributed by atoms with Gasteiger partial charge in [0.25, 0.3) is 5.56 Å². The molecule has 0 unspecified atom stereocenters. The third-order valence-corrected chi connectivity index (χ3v) is 6.40. The van der Waals surface area contributed by atoms with Gasteiger partial charge in [-0.05, 0) is 71.1 Å². The Bertz CT molecular complexity index is 1280. The van der Waals surface area contributed by atoms with E-state index in [1.165, 1.54) is 21.4 Å². The molecule has 0 radical (unpaired) electrons. The van der Waals surface area contributed by atoms with E-state index in [0.717, 1.165) is 37.7 Å². The first kappa shape index (κ1) is 33.5. The zero-order chi connectivity index (χ0) is 30.3. The van der Waals surface area contributed by atoms with Gasteiger partial charge in [-0.2, -0.15) is 5.10 Å². The molecule has 226 valence electrons. The van der Waals surface area contributed by atoms with Gasteiger partial charge in [0.2, 0.25) is 0 Å². The molecule has 41 heavy (non-hydrogen) atoms. The van der Waals surface area contributed by atoms with Crippen LogP contribution < -0.4 is 16.0 Å². The summed E-state index contributed by atoms with van der Waals surface area (Å²) in [4.78, 5) is 50.1. The minimum atomic E-state index is -1.11. The highest BCUT2D eigenvalue weighted by molar-refractivity contribution is 5.81. The molecule has 0 bridgehead atoms. The summed E-state index contributed by atoms with van der Waals surface area (Å²) in [6, 6.07) is 7.52. The van der Waals surface area contributed by atoms with Gasteiger partial charge >= 0.3 is 17.6 Å². The lowest BCUT2D eigenvalue weighted by atomic mass is 10.1. The predicted molar refractivity (Wildman–Crippen MR) is 157 cm³/mol. The van der Waals surface area contributed by atoms with Crippen molar-refractivity contribution in [2.24, 2.45) is 0 Å². The van der Waals surface area contributed by atoms with Crippen LogP contribution >= 0.6 is 0 Å². The average Bonchev–Trinajstić information content (AvgIpc) is 2.93. The molecule has 1 aromatic heterocycles. The van der Waals surface area contributed by atoms with Gasteiger partial charge in [-0.3, -0.25) is 9.36 Å². The fourth-order valence-corrected chi connectivity index (χ4v) is 4.23. The number of benzene rings is 1. The molecule has 2 rings (SSSR count). The highest BCUT2D eigenvalue weighted by Crippen LogP contribution is 2.22. The minimum Gasteiger partial charge on any atom is -0.476 e. The lowest BCUT2D eigenvalue weighted by Crippen LogP contribution is -2.43. The Morgan fingerprint density at radius 2 is 1.68 bits per heavy atom. The molecule has 0 saturated carbocycles. The number of allylic oxidation sites excluding steroid dienone is 1. The van der Waals surface area contributed by atoms with E-state index in [-0.39, 0.29) is 31.9 Å².